The molecule has 1 saturated heterocycles. The molecule has 0 N–H and O–H groups in total. The van der Waals surface area contributed by atoms with Crippen LogP contribution in [0.3, 0.4) is 0 Å². The first kappa shape index (κ1) is 19.4. The number of thiazole rings is 2. The number of piperazine rings is 1. The zero-order valence-corrected chi connectivity index (χ0v) is 18.4. The molecule has 152 valence electrons. The van der Waals surface area contributed by atoms with Gasteiger partial charge < -0.3 is 4.90 Å². The fraction of sp³-hybridized carbons (Fsp3) is 0.261. The number of hydrogen-bond acceptors (Lipinski definition) is 6. The summed E-state index contributed by atoms with van der Waals surface area (Å²) in [4.78, 5) is 27.7. The second kappa shape index (κ2) is 8.26. The van der Waals surface area contributed by atoms with Gasteiger partial charge in [0, 0.05) is 31.7 Å². The molecule has 0 bridgehead atoms. The molecule has 1 aliphatic heterocycles. The summed E-state index contributed by atoms with van der Waals surface area (Å²) in [6.45, 7) is 5.99. The second-order valence-corrected chi connectivity index (χ2v) is 9.74. The minimum Gasteiger partial charge on any atom is -0.335 e. The van der Waals surface area contributed by atoms with E-state index in [0.717, 1.165) is 64.4 Å². The van der Waals surface area contributed by atoms with E-state index in [4.69, 9.17) is 4.98 Å². The maximum atomic E-state index is 13.3. The predicted molar refractivity (Wildman–Crippen MR) is 123 cm³/mol. The fourth-order valence-corrected chi connectivity index (χ4v) is 5.71. The second-order valence-electron chi connectivity index (χ2n) is 7.42. The number of benzene rings is 2. The van der Waals surface area contributed by atoms with Crippen LogP contribution in [0.1, 0.15) is 19.7 Å². The van der Waals surface area contributed by atoms with Gasteiger partial charge in [-0.2, -0.15) is 0 Å². The summed E-state index contributed by atoms with van der Waals surface area (Å²) < 4.78 is 1.23. The number of carbonyl (C=O) groups is 1. The lowest BCUT2D eigenvalue weighted by Crippen LogP contribution is -2.48. The Kier molecular flexibility index (Phi) is 5.33. The lowest BCUT2D eigenvalue weighted by atomic mass is 10.1. The van der Waals surface area contributed by atoms with E-state index >= 15 is 0 Å². The molecule has 2 aromatic carbocycles. The maximum Gasteiger partial charge on any atom is 0.266 e. The van der Waals surface area contributed by atoms with Crippen LogP contribution in [0.4, 0.5) is 0 Å². The third-order valence-electron chi connectivity index (χ3n) is 5.33. The molecule has 1 amide bonds. The minimum absolute atomic E-state index is 0.0964. The van der Waals surface area contributed by atoms with Crippen molar-refractivity contribution < 1.29 is 4.79 Å². The number of carbonyl (C=O) groups excluding carboxylic acids is 1. The number of para-hydroxylation sites is 1. The third kappa shape index (κ3) is 3.88. The highest BCUT2D eigenvalue weighted by Crippen LogP contribution is 2.29. The molecule has 0 atom stereocenters. The van der Waals surface area contributed by atoms with E-state index in [0.29, 0.717) is 0 Å². The van der Waals surface area contributed by atoms with Gasteiger partial charge >= 0.3 is 0 Å². The lowest BCUT2D eigenvalue weighted by molar-refractivity contribution is 0.0633. The third-order valence-corrected chi connectivity index (χ3v) is 7.31. The summed E-state index contributed by atoms with van der Waals surface area (Å²) in [5.74, 6) is 0.0964. The number of rotatable bonds is 4. The zero-order valence-electron chi connectivity index (χ0n) is 16.7. The van der Waals surface area contributed by atoms with Gasteiger partial charge in [0.15, 0.2) is 0 Å². The van der Waals surface area contributed by atoms with E-state index in [1.165, 1.54) is 16.0 Å². The summed E-state index contributed by atoms with van der Waals surface area (Å²) in [6.07, 6.45) is 0. The van der Waals surface area contributed by atoms with Gasteiger partial charge in [-0.15, -0.1) is 22.7 Å². The first-order valence-electron chi connectivity index (χ1n) is 10.1. The Labute approximate surface area is 183 Å². The van der Waals surface area contributed by atoms with Crippen LogP contribution in [0.2, 0.25) is 0 Å². The molecule has 5 nitrogen and oxygen atoms in total. The van der Waals surface area contributed by atoms with Crippen LogP contribution in [-0.4, -0.2) is 51.9 Å². The quantitative estimate of drug-likeness (QED) is 0.468. The highest BCUT2D eigenvalue weighted by atomic mass is 32.1. The normalized spacial score (nSPS) is 15.0. The Morgan fingerprint density at radius 1 is 0.933 bits per heavy atom. The van der Waals surface area contributed by atoms with Crippen LogP contribution in [-0.2, 0) is 6.54 Å². The standard InChI is InChI=1S/C23H22N4OS2/c1-16-24-21(17-7-3-2-4-8-17)22(29-16)23(28)27-13-11-26(12-14-27)15-20-25-18-9-5-6-10-19(18)30-20/h2-10H,11-15H2,1H3. The molecule has 7 heteroatoms. The summed E-state index contributed by atoms with van der Waals surface area (Å²) in [6, 6.07) is 18.2. The summed E-state index contributed by atoms with van der Waals surface area (Å²) in [7, 11) is 0. The Balaban J connectivity index is 1.26. The summed E-state index contributed by atoms with van der Waals surface area (Å²) in [5.41, 5.74) is 2.87. The van der Waals surface area contributed by atoms with E-state index in [2.05, 4.69) is 28.1 Å². The van der Waals surface area contributed by atoms with Gasteiger partial charge in [0.2, 0.25) is 0 Å². The van der Waals surface area contributed by atoms with Gasteiger partial charge in [-0.25, -0.2) is 9.97 Å². The molecular formula is C23H22N4OS2. The largest absolute Gasteiger partial charge is 0.335 e. The monoisotopic (exact) mass is 434 g/mol. The van der Waals surface area contributed by atoms with Crippen molar-refractivity contribution in [3.8, 4) is 11.3 Å². The van der Waals surface area contributed by atoms with Crippen molar-refractivity contribution in [3.05, 3.63) is 69.5 Å². The smallest absolute Gasteiger partial charge is 0.266 e. The van der Waals surface area contributed by atoms with Crippen molar-refractivity contribution >= 4 is 38.8 Å². The van der Waals surface area contributed by atoms with Crippen molar-refractivity contribution in [2.24, 2.45) is 0 Å². The summed E-state index contributed by atoms with van der Waals surface area (Å²) in [5, 5.41) is 2.06. The highest BCUT2D eigenvalue weighted by Gasteiger charge is 2.27. The first-order valence-corrected chi connectivity index (χ1v) is 11.7. The van der Waals surface area contributed by atoms with Gasteiger partial charge in [0.05, 0.1) is 27.5 Å². The number of fused-ring (bicyclic) bond motifs is 1. The average molecular weight is 435 g/mol. The van der Waals surface area contributed by atoms with Gasteiger partial charge in [-0.1, -0.05) is 42.5 Å². The number of aryl methyl sites for hydroxylation is 1. The average Bonchev–Trinajstić information content (AvgIpc) is 3.37. The first-order chi connectivity index (χ1) is 14.7. The molecular weight excluding hydrogens is 412 g/mol. The van der Waals surface area contributed by atoms with Crippen LogP contribution in [0.5, 0.6) is 0 Å². The Hall–Kier alpha value is -2.61. The topological polar surface area (TPSA) is 49.3 Å². The van der Waals surface area contributed by atoms with E-state index in [-0.39, 0.29) is 5.91 Å². The van der Waals surface area contributed by atoms with Gasteiger partial charge in [-0.05, 0) is 19.1 Å². The van der Waals surface area contributed by atoms with Gasteiger partial charge in [0.1, 0.15) is 9.88 Å². The van der Waals surface area contributed by atoms with Crippen molar-refractivity contribution in [2.75, 3.05) is 26.2 Å². The number of amides is 1. The van der Waals surface area contributed by atoms with Crippen molar-refractivity contribution in [1.82, 2.24) is 19.8 Å². The van der Waals surface area contributed by atoms with Gasteiger partial charge in [0.25, 0.3) is 5.91 Å². The van der Waals surface area contributed by atoms with Crippen LogP contribution in [0, 0.1) is 6.92 Å². The molecule has 0 unspecified atom stereocenters. The van der Waals surface area contributed by atoms with Crippen LogP contribution in [0.15, 0.2) is 54.6 Å². The fourth-order valence-electron chi connectivity index (χ4n) is 3.80. The van der Waals surface area contributed by atoms with E-state index in [1.807, 2.05) is 48.2 Å². The highest BCUT2D eigenvalue weighted by molar-refractivity contribution is 7.18. The molecule has 5 rings (SSSR count). The Bertz CT molecular complexity index is 1140. The number of aromatic nitrogens is 2. The van der Waals surface area contributed by atoms with E-state index in [1.54, 1.807) is 11.3 Å². The molecule has 0 saturated carbocycles. The van der Waals surface area contributed by atoms with Crippen LogP contribution >= 0.6 is 22.7 Å². The van der Waals surface area contributed by atoms with Crippen molar-refractivity contribution in [2.45, 2.75) is 13.5 Å². The predicted octanol–water partition coefficient (Wildman–Crippen LogP) is 4.69. The molecule has 0 aliphatic carbocycles. The SMILES string of the molecule is Cc1nc(-c2ccccc2)c(C(=O)N2CCN(Cc3nc4ccccc4s3)CC2)s1. The lowest BCUT2D eigenvalue weighted by Gasteiger charge is -2.34. The molecule has 30 heavy (non-hydrogen) atoms. The van der Waals surface area contributed by atoms with Gasteiger partial charge in [-0.3, -0.25) is 9.69 Å². The zero-order chi connectivity index (χ0) is 20.5. The molecule has 0 radical (unpaired) electrons. The molecule has 4 aromatic rings. The van der Waals surface area contributed by atoms with Crippen LogP contribution < -0.4 is 0 Å². The van der Waals surface area contributed by atoms with E-state index in [9.17, 15) is 4.79 Å². The number of hydrogen-bond donors (Lipinski definition) is 0. The molecule has 2 aromatic heterocycles. The van der Waals surface area contributed by atoms with Crippen molar-refractivity contribution in [1.29, 1.82) is 0 Å². The van der Waals surface area contributed by atoms with Crippen LogP contribution in [0.25, 0.3) is 21.5 Å². The Morgan fingerprint density at radius 3 is 2.43 bits per heavy atom. The molecule has 1 aliphatic rings. The maximum absolute atomic E-state index is 13.3. The van der Waals surface area contributed by atoms with E-state index < -0.39 is 0 Å². The molecule has 0 spiro atoms. The molecule has 3 heterocycles. The molecule has 1 fully saturated rings. The number of nitrogens with zero attached hydrogens (tertiary/aromatic N) is 4. The van der Waals surface area contributed by atoms with Crippen molar-refractivity contribution in [3.63, 3.8) is 0 Å². The Morgan fingerprint density at radius 2 is 1.67 bits per heavy atom. The summed E-state index contributed by atoms with van der Waals surface area (Å²) >= 11 is 3.25. The minimum atomic E-state index is 0.0964.